The lowest BCUT2D eigenvalue weighted by Gasteiger charge is -2.14. The maximum absolute atomic E-state index is 12.1. The predicted octanol–water partition coefficient (Wildman–Crippen LogP) is 4.33. The van der Waals surface area contributed by atoms with E-state index in [0.29, 0.717) is 17.9 Å². The van der Waals surface area contributed by atoms with Gasteiger partial charge in [-0.25, -0.2) is 0 Å². The van der Waals surface area contributed by atoms with Crippen LogP contribution in [0.1, 0.15) is 30.0 Å². The zero-order valence-corrected chi connectivity index (χ0v) is 14.2. The molecule has 2 N–H and O–H groups in total. The molecular weight excluding hydrogens is 330 g/mol. The minimum absolute atomic E-state index is 0.00918. The SMILES string of the molecule is O=C(CCSc1ccccc1Cl)NC1CCc2c(O)cccc21. The number of carbonyl (C=O) groups is 1. The lowest BCUT2D eigenvalue weighted by molar-refractivity contribution is -0.121. The summed E-state index contributed by atoms with van der Waals surface area (Å²) in [4.78, 5) is 13.1. The Labute approximate surface area is 145 Å². The normalized spacial score (nSPS) is 16.1. The highest BCUT2D eigenvalue weighted by atomic mass is 35.5. The van der Waals surface area contributed by atoms with Crippen LogP contribution in [-0.2, 0) is 11.2 Å². The number of benzene rings is 2. The van der Waals surface area contributed by atoms with Crippen LogP contribution in [0.2, 0.25) is 5.02 Å². The van der Waals surface area contributed by atoms with Crippen LogP contribution in [0, 0.1) is 0 Å². The van der Waals surface area contributed by atoms with Gasteiger partial charge in [0, 0.05) is 17.1 Å². The third-order valence-corrected chi connectivity index (χ3v) is 5.52. The molecule has 0 heterocycles. The van der Waals surface area contributed by atoms with Crippen molar-refractivity contribution in [1.82, 2.24) is 5.32 Å². The molecule has 0 spiro atoms. The monoisotopic (exact) mass is 347 g/mol. The van der Waals surface area contributed by atoms with Gasteiger partial charge in [0.15, 0.2) is 0 Å². The molecule has 0 aromatic heterocycles. The van der Waals surface area contributed by atoms with Crippen LogP contribution >= 0.6 is 23.4 Å². The lowest BCUT2D eigenvalue weighted by atomic mass is 10.1. The number of carbonyl (C=O) groups excluding carboxylic acids is 1. The number of amides is 1. The molecule has 0 fully saturated rings. The van der Waals surface area contributed by atoms with Gasteiger partial charge in [-0.15, -0.1) is 11.8 Å². The van der Waals surface area contributed by atoms with E-state index in [2.05, 4.69) is 5.32 Å². The van der Waals surface area contributed by atoms with Crippen molar-refractivity contribution < 1.29 is 9.90 Å². The number of fused-ring (bicyclic) bond motifs is 1. The van der Waals surface area contributed by atoms with Gasteiger partial charge in [-0.1, -0.05) is 35.9 Å². The number of hydrogen-bond donors (Lipinski definition) is 2. The Morgan fingerprint density at radius 2 is 2.09 bits per heavy atom. The van der Waals surface area contributed by atoms with Crippen molar-refractivity contribution in [1.29, 1.82) is 0 Å². The fourth-order valence-electron chi connectivity index (χ4n) is 2.87. The van der Waals surface area contributed by atoms with Crippen molar-refractivity contribution in [3.8, 4) is 5.75 Å². The Bertz CT molecular complexity index is 720. The van der Waals surface area contributed by atoms with Gasteiger partial charge >= 0.3 is 0 Å². The van der Waals surface area contributed by atoms with Crippen LogP contribution in [0.4, 0.5) is 0 Å². The van der Waals surface area contributed by atoms with E-state index < -0.39 is 0 Å². The highest BCUT2D eigenvalue weighted by molar-refractivity contribution is 7.99. The maximum atomic E-state index is 12.1. The molecule has 1 atom stereocenters. The Kier molecular flexibility index (Phi) is 5.13. The molecule has 3 rings (SSSR count). The second-order valence-corrected chi connectivity index (χ2v) is 7.08. The summed E-state index contributed by atoms with van der Waals surface area (Å²) in [5.41, 5.74) is 2.00. The number of hydrogen-bond acceptors (Lipinski definition) is 3. The Balaban J connectivity index is 1.52. The van der Waals surface area contributed by atoms with E-state index in [0.717, 1.165) is 33.9 Å². The van der Waals surface area contributed by atoms with Crippen molar-refractivity contribution in [2.24, 2.45) is 0 Å². The molecule has 0 radical (unpaired) electrons. The molecule has 120 valence electrons. The molecule has 2 aromatic rings. The molecule has 23 heavy (non-hydrogen) atoms. The molecule has 1 unspecified atom stereocenters. The number of rotatable bonds is 5. The van der Waals surface area contributed by atoms with Gasteiger partial charge in [-0.3, -0.25) is 4.79 Å². The van der Waals surface area contributed by atoms with E-state index in [1.54, 1.807) is 17.8 Å². The second-order valence-electron chi connectivity index (χ2n) is 5.53. The zero-order valence-electron chi connectivity index (χ0n) is 12.6. The maximum Gasteiger partial charge on any atom is 0.221 e. The summed E-state index contributed by atoms with van der Waals surface area (Å²) in [6.45, 7) is 0. The molecule has 1 aliphatic carbocycles. The van der Waals surface area contributed by atoms with Crippen LogP contribution in [-0.4, -0.2) is 16.8 Å². The topological polar surface area (TPSA) is 49.3 Å². The summed E-state index contributed by atoms with van der Waals surface area (Å²) in [6.07, 6.45) is 2.10. The van der Waals surface area contributed by atoms with Gasteiger partial charge < -0.3 is 10.4 Å². The first kappa shape index (κ1) is 16.2. The number of nitrogens with one attached hydrogen (secondary N) is 1. The predicted molar refractivity (Wildman–Crippen MR) is 94.1 cm³/mol. The number of halogens is 1. The fraction of sp³-hybridized carbons (Fsp3) is 0.278. The summed E-state index contributed by atoms with van der Waals surface area (Å²) in [5.74, 6) is 1.05. The molecule has 1 aliphatic rings. The van der Waals surface area contributed by atoms with E-state index in [-0.39, 0.29) is 11.9 Å². The molecule has 0 aliphatic heterocycles. The van der Waals surface area contributed by atoms with Gasteiger partial charge in [0.25, 0.3) is 0 Å². The second kappa shape index (κ2) is 7.28. The van der Waals surface area contributed by atoms with Crippen LogP contribution in [0.25, 0.3) is 0 Å². The van der Waals surface area contributed by atoms with Crippen LogP contribution in [0.3, 0.4) is 0 Å². The third kappa shape index (κ3) is 3.82. The van der Waals surface area contributed by atoms with Gasteiger partial charge in [-0.2, -0.15) is 0 Å². The quantitative estimate of drug-likeness (QED) is 0.791. The smallest absolute Gasteiger partial charge is 0.221 e. The number of phenolic OH excluding ortho intramolecular Hbond substituents is 1. The highest BCUT2D eigenvalue weighted by Gasteiger charge is 2.25. The van der Waals surface area contributed by atoms with E-state index in [4.69, 9.17) is 11.6 Å². The summed E-state index contributed by atoms with van der Waals surface area (Å²) in [5, 5.41) is 13.6. The number of aromatic hydroxyl groups is 1. The van der Waals surface area contributed by atoms with Gasteiger partial charge in [0.2, 0.25) is 5.91 Å². The average Bonchev–Trinajstić information content (AvgIpc) is 2.94. The lowest BCUT2D eigenvalue weighted by Crippen LogP contribution is -2.27. The average molecular weight is 348 g/mol. The molecule has 0 saturated heterocycles. The molecule has 5 heteroatoms. The summed E-state index contributed by atoms with van der Waals surface area (Å²) < 4.78 is 0. The first-order chi connectivity index (χ1) is 11.1. The molecular formula is C18H18ClNO2S. The van der Waals surface area contributed by atoms with E-state index in [1.165, 1.54) is 0 Å². The summed E-state index contributed by atoms with van der Waals surface area (Å²) in [6, 6.07) is 13.2. The van der Waals surface area contributed by atoms with Gasteiger partial charge in [0.1, 0.15) is 5.75 Å². The minimum atomic E-state index is 0.00918. The van der Waals surface area contributed by atoms with Gasteiger partial charge in [0.05, 0.1) is 11.1 Å². The minimum Gasteiger partial charge on any atom is -0.508 e. The van der Waals surface area contributed by atoms with Crippen molar-refractivity contribution in [3.05, 3.63) is 58.6 Å². The zero-order chi connectivity index (χ0) is 16.2. The van der Waals surface area contributed by atoms with Gasteiger partial charge in [-0.05, 0) is 42.2 Å². The van der Waals surface area contributed by atoms with Crippen LogP contribution in [0.5, 0.6) is 5.75 Å². The van der Waals surface area contributed by atoms with Crippen molar-refractivity contribution >= 4 is 29.3 Å². The Hall–Kier alpha value is -1.65. The van der Waals surface area contributed by atoms with Crippen LogP contribution < -0.4 is 5.32 Å². The first-order valence-electron chi connectivity index (χ1n) is 7.62. The van der Waals surface area contributed by atoms with E-state index >= 15 is 0 Å². The number of phenols is 1. The molecule has 2 aromatic carbocycles. The largest absolute Gasteiger partial charge is 0.508 e. The summed E-state index contributed by atoms with van der Waals surface area (Å²) in [7, 11) is 0. The fourth-order valence-corrected chi connectivity index (χ4v) is 4.05. The Morgan fingerprint density at radius 1 is 1.26 bits per heavy atom. The molecule has 3 nitrogen and oxygen atoms in total. The Morgan fingerprint density at radius 3 is 2.91 bits per heavy atom. The van der Waals surface area contributed by atoms with Crippen molar-refractivity contribution in [2.75, 3.05) is 5.75 Å². The molecule has 1 amide bonds. The number of thioether (sulfide) groups is 1. The first-order valence-corrected chi connectivity index (χ1v) is 8.99. The van der Waals surface area contributed by atoms with Crippen molar-refractivity contribution in [3.63, 3.8) is 0 Å². The van der Waals surface area contributed by atoms with Crippen LogP contribution in [0.15, 0.2) is 47.4 Å². The van der Waals surface area contributed by atoms with Crippen molar-refractivity contribution in [2.45, 2.75) is 30.2 Å². The summed E-state index contributed by atoms with van der Waals surface area (Å²) >= 11 is 7.69. The van der Waals surface area contributed by atoms with E-state index in [1.807, 2.05) is 36.4 Å². The van der Waals surface area contributed by atoms with E-state index in [9.17, 15) is 9.90 Å². The standard InChI is InChI=1S/C18H18ClNO2S/c19-14-5-1-2-7-17(14)23-11-10-18(22)20-15-9-8-13-12(15)4-3-6-16(13)21/h1-7,15,21H,8-11H2,(H,20,22). The molecule has 0 saturated carbocycles. The highest BCUT2D eigenvalue weighted by Crippen LogP contribution is 2.36. The molecule has 0 bridgehead atoms. The third-order valence-electron chi connectivity index (χ3n) is 4.00.